The van der Waals surface area contributed by atoms with Crippen molar-refractivity contribution in [2.24, 2.45) is 0 Å². The van der Waals surface area contributed by atoms with E-state index < -0.39 is 10.0 Å². The maximum Gasteiger partial charge on any atom is 0.243 e. The van der Waals surface area contributed by atoms with Crippen LogP contribution in [0.2, 0.25) is 0 Å². The first kappa shape index (κ1) is 18.2. The molecule has 2 heterocycles. The van der Waals surface area contributed by atoms with E-state index in [1.807, 2.05) is 47.8 Å². The van der Waals surface area contributed by atoms with Gasteiger partial charge in [0, 0.05) is 29.7 Å². The zero-order valence-corrected chi connectivity index (χ0v) is 16.5. The molecule has 0 saturated carbocycles. The van der Waals surface area contributed by atoms with E-state index >= 15 is 0 Å². The number of piperidine rings is 1. The fraction of sp³-hybridized carbons (Fsp3) is 0.250. The SMILES string of the molecule is O=S(=O)(c1ccc(-c2csc(Nc3ccccc3)n2)cc1)N1CCCCC1. The summed E-state index contributed by atoms with van der Waals surface area (Å²) >= 11 is 1.52. The topological polar surface area (TPSA) is 62.3 Å². The van der Waals surface area contributed by atoms with Crippen LogP contribution in [0.5, 0.6) is 0 Å². The van der Waals surface area contributed by atoms with Crippen molar-refractivity contribution in [2.75, 3.05) is 18.4 Å². The highest BCUT2D eigenvalue weighted by Crippen LogP contribution is 2.28. The van der Waals surface area contributed by atoms with E-state index in [0.29, 0.717) is 18.0 Å². The highest BCUT2D eigenvalue weighted by atomic mass is 32.2. The molecule has 1 aliphatic rings. The molecule has 7 heteroatoms. The van der Waals surface area contributed by atoms with Gasteiger partial charge in [0.1, 0.15) is 0 Å². The molecule has 1 aliphatic heterocycles. The minimum Gasteiger partial charge on any atom is -0.332 e. The number of aromatic nitrogens is 1. The molecule has 0 bridgehead atoms. The van der Waals surface area contributed by atoms with E-state index in [0.717, 1.165) is 41.3 Å². The minimum atomic E-state index is -3.39. The molecule has 0 aliphatic carbocycles. The highest BCUT2D eigenvalue weighted by molar-refractivity contribution is 7.89. The Kier molecular flexibility index (Phi) is 5.24. The van der Waals surface area contributed by atoms with Crippen LogP contribution in [-0.2, 0) is 10.0 Å². The highest BCUT2D eigenvalue weighted by Gasteiger charge is 2.25. The Morgan fingerprint density at radius 1 is 0.926 bits per heavy atom. The van der Waals surface area contributed by atoms with Crippen LogP contribution in [0.3, 0.4) is 0 Å². The predicted octanol–water partition coefficient (Wildman–Crippen LogP) is 4.73. The molecule has 1 saturated heterocycles. The molecule has 1 N–H and O–H groups in total. The van der Waals surface area contributed by atoms with Crippen LogP contribution >= 0.6 is 11.3 Å². The molecule has 3 aromatic rings. The summed E-state index contributed by atoms with van der Waals surface area (Å²) in [5.74, 6) is 0. The third-order valence-electron chi connectivity index (χ3n) is 4.63. The standard InChI is InChI=1S/C20H21N3O2S2/c24-27(25,23-13-5-2-6-14-23)18-11-9-16(10-12-18)19-15-26-20(22-19)21-17-7-3-1-4-8-17/h1,3-4,7-12,15H,2,5-6,13-14H2,(H,21,22). The molecule has 4 rings (SSSR count). The van der Waals surface area contributed by atoms with Crippen molar-refractivity contribution in [1.82, 2.24) is 9.29 Å². The lowest BCUT2D eigenvalue weighted by Gasteiger charge is -2.25. The Labute approximate surface area is 163 Å². The first-order chi connectivity index (χ1) is 13.1. The second-order valence-electron chi connectivity index (χ2n) is 6.52. The lowest BCUT2D eigenvalue weighted by molar-refractivity contribution is 0.346. The number of hydrogen-bond acceptors (Lipinski definition) is 5. The molecular weight excluding hydrogens is 378 g/mol. The van der Waals surface area contributed by atoms with Crippen LogP contribution < -0.4 is 5.32 Å². The quantitative estimate of drug-likeness (QED) is 0.674. The number of para-hydroxylation sites is 1. The normalized spacial score (nSPS) is 15.6. The van der Waals surface area contributed by atoms with Crippen molar-refractivity contribution in [3.8, 4) is 11.3 Å². The maximum absolute atomic E-state index is 12.7. The van der Waals surface area contributed by atoms with Gasteiger partial charge in [0.25, 0.3) is 0 Å². The van der Waals surface area contributed by atoms with Gasteiger partial charge in [-0.15, -0.1) is 11.3 Å². The third-order valence-corrected chi connectivity index (χ3v) is 7.30. The number of hydrogen-bond donors (Lipinski definition) is 1. The summed E-state index contributed by atoms with van der Waals surface area (Å²) in [4.78, 5) is 4.96. The van der Waals surface area contributed by atoms with Crippen molar-refractivity contribution in [2.45, 2.75) is 24.2 Å². The number of sulfonamides is 1. The Hall–Kier alpha value is -2.22. The van der Waals surface area contributed by atoms with Crippen LogP contribution in [0.4, 0.5) is 10.8 Å². The molecule has 0 spiro atoms. The van der Waals surface area contributed by atoms with E-state index in [2.05, 4.69) is 10.3 Å². The van der Waals surface area contributed by atoms with E-state index in [-0.39, 0.29) is 0 Å². The average molecular weight is 400 g/mol. The first-order valence-electron chi connectivity index (χ1n) is 9.01. The van der Waals surface area contributed by atoms with Gasteiger partial charge >= 0.3 is 0 Å². The van der Waals surface area contributed by atoms with Crippen molar-refractivity contribution < 1.29 is 8.42 Å². The molecule has 0 radical (unpaired) electrons. The van der Waals surface area contributed by atoms with Gasteiger partial charge in [-0.2, -0.15) is 4.31 Å². The summed E-state index contributed by atoms with van der Waals surface area (Å²) in [6.45, 7) is 1.23. The second kappa shape index (κ2) is 7.80. The minimum absolute atomic E-state index is 0.353. The van der Waals surface area contributed by atoms with Gasteiger partial charge in [0.05, 0.1) is 10.6 Å². The van der Waals surface area contributed by atoms with Crippen molar-refractivity contribution in [3.63, 3.8) is 0 Å². The lowest BCUT2D eigenvalue weighted by atomic mass is 10.2. The lowest BCUT2D eigenvalue weighted by Crippen LogP contribution is -2.35. The van der Waals surface area contributed by atoms with Crippen LogP contribution in [0.1, 0.15) is 19.3 Å². The Bertz CT molecular complexity index is 993. The zero-order chi connectivity index (χ0) is 18.7. The summed E-state index contributed by atoms with van der Waals surface area (Å²) in [7, 11) is -3.39. The fourth-order valence-electron chi connectivity index (χ4n) is 3.16. The number of anilines is 2. The van der Waals surface area contributed by atoms with Crippen LogP contribution in [0.25, 0.3) is 11.3 Å². The third kappa shape index (κ3) is 4.05. The average Bonchev–Trinajstić information content (AvgIpc) is 3.18. The molecule has 2 aromatic carbocycles. The number of rotatable bonds is 5. The second-order valence-corrected chi connectivity index (χ2v) is 9.31. The van der Waals surface area contributed by atoms with Crippen LogP contribution in [-0.4, -0.2) is 30.8 Å². The summed E-state index contributed by atoms with van der Waals surface area (Å²) < 4.78 is 27.1. The summed E-state index contributed by atoms with van der Waals surface area (Å²) in [5, 5.41) is 6.06. The smallest absolute Gasteiger partial charge is 0.243 e. The molecule has 27 heavy (non-hydrogen) atoms. The van der Waals surface area contributed by atoms with Crippen molar-refractivity contribution >= 4 is 32.2 Å². The van der Waals surface area contributed by atoms with Gasteiger partial charge in [-0.3, -0.25) is 0 Å². The Morgan fingerprint density at radius 2 is 1.63 bits per heavy atom. The van der Waals surface area contributed by atoms with Gasteiger partial charge < -0.3 is 5.32 Å². The molecule has 1 fully saturated rings. The van der Waals surface area contributed by atoms with E-state index in [1.54, 1.807) is 16.4 Å². The number of nitrogens with one attached hydrogen (secondary N) is 1. The summed E-state index contributed by atoms with van der Waals surface area (Å²) in [6.07, 6.45) is 2.98. The maximum atomic E-state index is 12.7. The number of thiazole rings is 1. The Balaban J connectivity index is 1.51. The predicted molar refractivity (Wildman–Crippen MR) is 110 cm³/mol. The van der Waals surface area contributed by atoms with Gasteiger partial charge in [-0.25, -0.2) is 13.4 Å². The molecular formula is C20H21N3O2S2. The largest absolute Gasteiger partial charge is 0.332 e. The van der Waals surface area contributed by atoms with Gasteiger partial charge in [-0.05, 0) is 37.1 Å². The van der Waals surface area contributed by atoms with E-state index in [1.165, 1.54) is 11.3 Å². The zero-order valence-electron chi connectivity index (χ0n) is 14.8. The summed E-state index contributed by atoms with van der Waals surface area (Å²) in [6, 6.07) is 16.9. The van der Waals surface area contributed by atoms with Gasteiger partial charge in [-0.1, -0.05) is 36.8 Å². The van der Waals surface area contributed by atoms with E-state index in [9.17, 15) is 8.42 Å². The number of benzene rings is 2. The van der Waals surface area contributed by atoms with Crippen LogP contribution in [0, 0.1) is 0 Å². The van der Waals surface area contributed by atoms with Crippen molar-refractivity contribution in [1.29, 1.82) is 0 Å². The van der Waals surface area contributed by atoms with E-state index in [4.69, 9.17) is 0 Å². The molecule has 1 aromatic heterocycles. The van der Waals surface area contributed by atoms with Gasteiger partial charge in [0.15, 0.2) is 5.13 Å². The first-order valence-corrected chi connectivity index (χ1v) is 11.3. The van der Waals surface area contributed by atoms with Gasteiger partial charge in [0.2, 0.25) is 10.0 Å². The molecule has 5 nitrogen and oxygen atoms in total. The van der Waals surface area contributed by atoms with Crippen molar-refractivity contribution in [3.05, 3.63) is 60.0 Å². The fourth-order valence-corrected chi connectivity index (χ4v) is 5.42. The molecule has 0 unspecified atom stereocenters. The monoisotopic (exact) mass is 399 g/mol. The van der Waals surface area contributed by atoms with Crippen LogP contribution in [0.15, 0.2) is 64.9 Å². The summed E-state index contributed by atoms with van der Waals surface area (Å²) in [5.41, 5.74) is 2.73. The molecule has 0 amide bonds. The molecule has 140 valence electrons. The number of nitrogens with zero attached hydrogens (tertiary/aromatic N) is 2. The Morgan fingerprint density at radius 3 is 2.33 bits per heavy atom. The molecule has 0 atom stereocenters.